The van der Waals surface area contributed by atoms with Crippen molar-refractivity contribution in [2.24, 2.45) is 0 Å². The van der Waals surface area contributed by atoms with Crippen molar-refractivity contribution >= 4 is 46.5 Å². The summed E-state index contributed by atoms with van der Waals surface area (Å²) in [7, 11) is 0. The third-order valence-electron chi connectivity index (χ3n) is 8.02. The first kappa shape index (κ1) is 34.4. The summed E-state index contributed by atoms with van der Waals surface area (Å²) in [5.74, 6) is -0.620. The molecule has 48 heavy (non-hydrogen) atoms. The number of para-hydroxylation sites is 1. The number of nitrogens with one attached hydrogen (secondary N) is 3. The summed E-state index contributed by atoms with van der Waals surface area (Å²) in [6, 6.07) is 10.6. The first-order valence-electron chi connectivity index (χ1n) is 16.3. The van der Waals surface area contributed by atoms with E-state index in [1.165, 1.54) is 4.90 Å². The van der Waals surface area contributed by atoms with E-state index in [2.05, 4.69) is 20.6 Å². The molecule has 0 unspecified atom stereocenters. The lowest BCUT2D eigenvalue weighted by Crippen LogP contribution is -2.45. The summed E-state index contributed by atoms with van der Waals surface area (Å²) in [5.41, 5.74) is 0.773. The second kappa shape index (κ2) is 13.7. The highest BCUT2D eigenvalue weighted by molar-refractivity contribution is 6.08. The standard InChI is InChI=1S/C35H44N6O7/c1-34(2,3)47-32(45)40-17-9-15-25(40)29-38-24-14-8-13-23(28(24)39-29)30(43)36-20-27(42)21-11-7-12-22(19-21)37-31(44)26-16-10-18-41(26)33(46)48-35(4,5)6/h7-8,11-14,19,25-26H,9-10,15-18,20H2,1-6H3,(H,36,43)(H,37,44)(H,38,39)/t25-,26-/m0/s1. The van der Waals surface area contributed by atoms with E-state index in [4.69, 9.17) is 9.47 Å². The van der Waals surface area contributed by atoms with Gasteiger partial charge in [-0.05, 0) is 91.5 Å². The van der Waals surface area contributed by atoms with Crippen molar-refractivity contribution in [3.8, 4) is 0 Å². The molecule has 0 saturated carbocycles. The second-order valence-corrected chi connectivity index (χ2v) is 14.2. The molecule has 13 nitrogen and oxygen atoms in total. The topological polar surface area (TPSA) is 163 Å². The van der Waals surface area contributed by atoms with Gasteiger partial charge in [0.25, 0.3) is 5.91 Å². The number of aromatic amines is 1. The molecular formula is C35H44N6O7. The fourth-order valence-corrected chi connectivity index (χ4v) is 5.92. The number of anilines is 1. The SMILES string of the molecule is CC(C)(C)OC(=O)N1CCC[C@H]1C(=O)Nc1cccc(C(=O)CNC(=O)c2cccc3nc([C@@H]4CCCN4C(=O)OC(C)(C)C)[nH]c23)c1. The normalized spacial score (nSPS) is 18.1. The number of ketones is 1. The fraction of sp³-hybridized carbons (Fsp3) is 0.486. The maximum Gasteiger partial charge on any atom is 0.410 e. The lowest BCUT2D eigenvalue weighted by Gasteiger charge is -2.28. The van der Waals surface area contributed by atoms with E-state index in [1.807, 2.05) is 20.8 Å². The molecular weight excluding hydrogens is 616 g/mol. The van der Waals surface area contributed by atoms with E-state index in [9.17, 15) is 24.0 Å². The Hall–Kier alpha value is -4.94. The summed E-state index contributed by atoms with van der Waals surface area (Å²) < 4.78 is 11.0. The molecule has 3 aromatic rings. The number of aromatic nitrogens is 2. The van der Waals surface area contributed by atoms with Crippen molar-refractivity contribution in [3.63, 3.8) is 0 Å². The van der Waals surface area contributed by atoms with E-state index in [0.29, 0.717) is 66.0 Å². The minimum atomic E-state index is -0.682. The van der Waals surface area contributed by atoms with Crippen LogP contribution in [0.4, 0.5) is 15.3 Å². The highest BCUT2D eigenvalue weighted by Gasteiger charge is 2.37. The quantitative estimate of drug-likeness (QED) is 0.277. The van der Waals surface area contributed by atoms with Gasteiger partial charge in [0, 0.05) is 24.3 Å². The van der Waals surface area contributed by atoms with Crippen LogP contribution in [0.25, 0.3) is 11.0 Å². The number of carbonyl (C=O) groups is 5. The highest BCUT2D eigenvalue weighted by Crippen LogP contribution is 2.33. The van der Waals surface area contributed by atoms with E-state index >= 15 is 0 Å². The predicted octanol–water partition coefficient (Wildman–Crippen LogP) is 5.59. The number of benzene rings is 2. The Labute approximate surface area is 279 Å². The van der Waals surface area contributed by atoms with Crippen LogP contribution in [0.15, 0.2) is 42.5 Å². The van der Waals surface area contributed by atoms with E-state index in [-0.39, 0.29) is 24.3 Å². The second-order valence-electron chi connectivity index (χ2n) is 14.2. The van der Waals surface area contributed by atoms with Gasteiger partial charge in [0.1, 0.15) is 23.1 Å². The molecule has 0 bridgehead atoms. The summed E-state index contributed by atoms with van der Waals surface area (Å²) in [4.78, 5) is 76.0. The molecule has 256 valence electrons. The number of ether oxygens (including phenoxy) is 2. The van der Waals surface area contributed by atoms with Crippen LogP contribution in [0, 0.1) is 0 Å². The number of fused-ring (bicyclic) bond motifs is 1. The largest absolute Gasteiger partial charge is 0.444 e. The average Bonchev–Trinajstić information content (AvgIpc) is 3.77. The third-order valence-corrected chi connectivity index (χ3v) is 8.02. The Morgan fingerprint density at radius 2 is 1.52 bits per heavy atom. The molecule has 0 spiro atoms. The van der Waals surface area contributed by atoms with Crippen LogP contribution in [0.5, 0.6) is 0 Å². The monoisotopic (exact) mass is 660 g/mol. The lowest BCUT2D eigenvalue weighted by molar-refractivity contribution is -0.120. The molecule has 2 aromatic carbocycles. The van der Waals surface area contributed by atoms with Crippen LogP contribution in [-0.2, 0) is 14.3 Å². The number of likely N-dealkylation sites (tertiary alicyclic amines) is 2. The van der Waals surface area contributed by atoms with E-state index in [0.717, 1.165) is 6.42 Å². The van der Waals surface area contributed by atoms with Crippen LogP contribution < -0.4 is 10.6 Å². The van der Waals surface area contributed by atoms with E-state index < -0.39 is 35.3 Å². The molecule has 2 fully saturated rings. The molecule has 2 saturated heterocycles. The molecule has 1 aromatic heterocycles. The highest BCUT2D eigenvalue weighted by atomic mass is 16.6. The van der Waals surface area contributed by atoms with Gasteiger partial charge in [0.05, 0.1) is 29.2 Å². The van der Waals surface area contributed by atoms with Gasteiger partial charge in [-0.1, -0.05) is 18.2 Å². The molecule has 2 aliphatic heterocycles. The third kappa shape index (κ3) is 8.12. The molecule has 0 radical (unpaired) electrons. The van der Waals surface area contributed by atoms with Gasteiger partial charge in [0.2, 0.25) is 5.91 Å². The Bertz CT molecular complexity index is 1720. The number of rotatable bonds is 7. The molecule has 3 heterocycles. The minimum Gasteiger partial charge on any atom is -0.444 e. The Kier molecular flexibility index (Phi) is 9.79. The molecule has 2 atom stereocenters. The summed E-state index contributed by atoms with van der Waals surface area (Å²) >= 11 is 0. The average molecular weight is 661 g/mol. The summed E-state index contributed by atoms with van der Waals surface area (Å²) in [5, 5.41) is 5.51. The molecule has 13 heteroatoms. The number of hydrogen-bond acceptors (Lipinski definition) is 8. The first-order valence-corrected chi connectivity index (χ1v) is 16.3. The van der Waals surface area contributed by atoms with Gasteiger partial charge in [-0.2, -0.15) is 0 Å². The minimum absolute atomic E-state index is 0.280. The van der Waals surface area contributed by atoms with Crippen molar-refractivity contribution in [2.75, 3.05) is 25.0 Å². The molecule has 5 rings (SSSR count). The van der Waals surface area contributed by atoms with Gasteiger partial charge in [-0.15, -0.1) is 0 Å². The predicted molar refractivity (Wildman–Crippen MR) is 179 cm³/mol. The van der Waals surface area contributed by atoms with Crippen molar-refractivity contribution in [1.29, 1.82) is 0 Å². The number of Topliss-reactive ketones (excluding diaryl/α,β-unsaturated/α-hetero) is 1. The lowest BCUT2D eigenvalue weighted by atomic mass is 10.1. The van der Waals surface area contributed by atoms with Gasteiger partial charge >= 0.3 is 12.2 Å². The zero-order valence-electron chi connectivity index (χ0n) is 28.3. The van der Waals surface area contributed by atoms with Gasteiger partial charge in [0.15, 0.2) is 5.78 Å². The summed E-state index contributed by atoms with van der Waals surface area (Å²) in [6.07, 6.45) is 1.73. The van der Waals surface area contributed by atoms with E-state index in [1.54, 1.807) is 68.1 Å². The number of hydrogen-bond donors (Lipinski definition) is 3. The van der Waals surface area contributed by atoms with Crippen molar-refractivity contribution < 1.29 is 33.4 Å². The van der Waals surface area contributed by atoms with Crippen LogP contribution in [-0.4, -0.2) is 86.4 Å². The van der Waals surface area contributed by atoms with Gasteiger partial charge in [-0.3, -0.25) is 24.2 Å². The van der Waals surface area contributed by atoms with Gasteiger partial charge < -0.3 is 25.1 Å². The zero-order valence-corrected chi connectivity index (χ0v) is 28.3. The zero-order chi connectivity index (χ0) is 34.8. The molecule has 0 aliphatic carbocycles. The molecule has 4 amide bonds. The number of amides is 4. The van der Waals surface area contributed by atoms with Crippen LogP contribution in [0.1, 0.15) is 99.8 Å². The van der Waals surface area contributed by atoms with Crippen LogP contribution >= 0.6 is 0 Å². The van der Waals surface area contributed by atoms with Crippen LogP contribution in [0.2, 0.25) is 0 Å². The van der Waals surface area contributed by atoms with Crippen molar-refractivity contribution in [2.45, 2.75) is 90.5 Å². The van der Waals surface area contributed by atoms with Crippen molar-refractivity contribution in [1.82, 2.24) is 25.1 Å². The Morgan fingerprint density at radius 3 is 2.23 bits per heavy atom. The molecule has 2 aliphatic rings. The Balaban J connectivity index is 1.22. The van der Waals surface area contributed by atoms with Crippen LogP contribution in [0.3, 0.4) is 0 Å². The van der Waals surface area contributed by atoms with Gasteiger partial charge in [-0.25, -0.2) is 14.6 Å². The summed E-state index contributed by atoms with van der Waals surface area (Å²) in [6.45, 7) is 11.5. The smallest absolute Gasteiger partial charge is 0.410 e. The maximum absolute atomic E-state index is 13.3. The number of carbonyl (C=O) groups excluding carboxylic acids is 5. The Morgan fingerprint density at radius 1 is 0.875 bits per heavy atom. The molecule has 3 N–H and O–H groups in total. The fourth-order valence-electron chi connectivity index (χ4n) is 5.92. The number of imidazole rings is 1. The number of H-pyrrole nitrogens is 1. The maximum atomic E-state index is 13.3. The number of nitrogens with zero attached hydrogens (tertiary/aromatic N) is 3. The van der Waals surface area contributed by atoms with Crippen molar-refractivity contribution in [3.05, 3.63) is 59.4 Å². The first-order chi connectivity index (χ1) is 22.6.